The molecule has 3 heteroatoms. The quantitative estimate of drug-likeness (QED) is 0.554. The fraction of sp³-hybridized carbons (Fsp3) is 0.0714. The summed E-state index contributed by atoms with van der Waals surface area (Å²) >= 11 is 0. The fourth-order valence-corrected chi connectivity index (χ4v) is 1.80. The van der Waals surface area contributed by atoms with Gasteiger partial charge in [0.2, 0.25) is 6.10 Å². The molecule has 0 saturated carbocycles. The zero-order valence-corrected chi connectivity index (χ0v) is 9.00. The molecule has 84 valence electrons. The average Bonchev–Trinajstić information content (AvgIpc) is 2.39. The molecule has 0 fully saturated rings. The minimum atomic E-state index is -0.675. The van der Waals surface area contributed by atoms with E-state index >= 15 is 0 Å². The Morgan fingerprint density at radius 1 is 0.824 bits per heavy atom. The largest absolute Gasteiger partial charge is 0.470 e. The summed E-state index contributed by atoms with van der Waals surface area (Å²) < 4.78 is 10.9. The van der Waals surface area contributed by atoms with E-state index in [1.807, 2.05) is 36.4 Å². The van der Waals surface area contributed by atoms with Crippen molar-refractivity contribution in [1.29, 1.82) is 0 Å². The highest BCUT2D eigenvalue weighted by atomic mass is 16.6. The van der Waals surface area contributed by atoms with Gasteiger partial charge in [0.15, 0.2) is 11.5 Å². The molecule has 0 aromatic heterocycles. The van der Waals surface area contributed by atoms with E-state index in [1.165, 1.54) is 0 Å². The number of esters is 1. The highest BCUT2D eigenvalue weighted by molar-refractivity contribution is 5.81. The zero-order chi connectivity index (χ0) is 11.7. The molecule has 2 aromatic carbocycles. The Balaban J connectivity index is 1.98. The Kier molecular flexibility index (Phi) is 2.29. The maximum absolute atomic E-state index is 11.8. The number of hydrogen-bond donors (Lipinski definition) is 0. The van der Waals surface area contributed by atoms with Crippen molar-refractivity contribution in [3.63, 3.8) is 0 Å². The molecule has 0 spiro atoms. The van der Waals surface area contributed by atoms with Crippen LogP contribution in [0.5, 0.6) is 11.5 Å². The lowest BCUT2D eigenvalue weighted by Gasteiger charge is -2.24. The first-order valence-corrected chi connectivity index (χ1v) is 5.37. The summed E-state index contributed by atoms with van der Waals surface area (Å²) in [6.07, 6.45) is -0.675. The van der Waals surface area contributed by atoms with Crippen LogP contribution in [-0.4, -0.2) is 5.97 Å². The van der Waals surface area contributed by atoms with Gasteiger partial charge in [-0.05, 0) is 12.1 Å². The van der Waals surface area contributed by atoms with Crippen LogP contribution in [0.25, 0.3) is 0 Å². The first-order valence-electron chi connectivity index (χ1n) is 5.37. The average molecular weight is 226 g/mol. The molecule has 1 aliphatic heterocycles. The molecule has 1 atom stereocenters. The van der Waals surface area contributed by atoms with E-state index in [0.717, 1.165) is 5.56 Å². The van der Waals surface area contributed by atoms with Crippen LogP contribution in [0.2, 0.25) is 0 Å². The monoisotopic (exact) mass is 226 g/mol. The molecule has 1 heterocycles. The Labute approximate surface area is 98.6 Å². The van der Waals surface area contributed by atoms with Crippen molar-refractivity contribution in [2.24, 2.45) is 0 Å². The number of para-hydroxylation sites is 2. The van der Waals surface area contributed by atoms with E-state index in [1.54, 1.807) is 18.2 Å². The van der Waals surface area contributed by atoms with Gasteiger partial charge in [-0.1, -0.05) is 42.5 Å². The second-order valence-electron chi connectivity index (χ2n) is 3.78. The molecule has 17 heavy (non-hydrogen) atoms. The van der Waals surface area contributed by atoms with Crippen molar-refractivity contribution in [2.45, 2.75) is 6.10 Å². The standard InChI is InChI=1S/C14H10O3/c15-14-13(10-6-2-1-3-7-10)16-11-8-4-5-9-12(11)17-14/h1-9,13H. The molecule has 1 unspecified atom stereocenters. The smallest absolute Gasteiger partial charge is 0.357 e. The van der Waals surface area contributed by atoms with Crippen molar-refractivity contribution >= 4 is 5.97 Å². The van der Waals surface area contributed by atoms with Gasteiger partial charge in [0.05, 0.1) is 0 Å². The third kappa shape index (κ3) is 1.76. The van der Waals surface area contributed by atoms with E-state index in [-0.39, 0.29) is 5.97 Å². The van der Waals surface area contributed by atoms with E-state index in [9.17, 15) is 4.79 Å². The molecular formula is C14H10O3. The van der Waals surface area contributed by atoms with Crippen molar-refractivity contribution in [3.05, 3.63) is 60.2 Å². The number of carbonyl (C=O) groups is 1. The first kappa shape index (κ1) is 9.90. The molecule has 3 nitrogen and oxygen atoms in total. The molecule has 1 aliphatic rings. The van der Waals surface area contributed by atoms with Crippen LogP contribution in [0.4, 0.5) is 0 Å². The lowest BCUT2D eigenvalue weighted by Crippen LogP contribution is -2.27. The molecule has 0 N–H and O–H groups in total. The molecule has 2 aromatic rings. The maximum Gasteiger partial charge on any atom is 0.357 e. The van der Waals surface area contributed by atoms with E-state index in [2.05, 4.69) is 0 Å². The summed E-state index contributed by atoms with van der Waals surface area (Å²) in [5.74, 6) is 0.695. The van der Waals surface area contributed by atoms with Gasteiger partial charge in [-0.25, -0.2) is 4.79 Å². The van der Waals surface area contributed by atoms with Crippen LogP contribution >= 0.6 is 0 Å². The third-order valence-electron chi connectivity index (χ3n) is 2.62. The van der Waals surface area contributed by atoms with Crippen LogP contribution in [0.3, 0.4) is 0 Å². The van der Waals surface area contributed by atoms with Crippen molar-refractivity contribution in [3.8, 4) is 11.5 Å². The Bertz CT molecular complexity index is 548. The van der Waals surface area contributed by atoms with Crippen molar-refractivity contribution in [2.75, 3.05) is 0 Å². The maximum atomic E-state index is 11.8. The predicted molar refractivity (Wildman–Crippen MR) is 61.9 cm³/mol. The number of benzene rings is 2. The Morgan fingerprint density at radius 2 is 1.47 bits per heavy atom. The highest BCUT2D eigenvalue weighted by Gasteiger charge is 2.30. The van der Waals surface area contributed by atoms with Gasteiger partial charge in [-0.15, -0.1) is 0 Å². The number of rotatable bonds is 1. The topological polar surface area (TPSA) is 35.5 Å². The molecule has 0 radical (unpaired) electrons. The van der Waals surface area contributed by atoms with Crippen LogP contribution in [0.1, 0.15) is 11.7 Å². The van der Waals surface area contributed by atoms with Crippen LogP contribution < -0.4 is 9.47 Å². The predicted octanol–water partition coefficient (Wildman–Crippen LogP) is 2.73. The number of carbonyl (C=O) groups excluding carboxylic acids is 1. The SMILES string of the molecule is O=C1Oc2ccccc2OC1c1ccccc1. The summed E-state index contributed by atoms with van der Waals surface area (Å²) in [4.78, 5) is 11.8. The Morgan fingerprint density at radius 3 is 2.24 bits per heavy atom. The zero-order valence-electron chi connectivity index (χ0n) is 9.00. The summed E-state index contributed by atoms with van der Waals surface area (Å²) in [7, 11) is 0. The summed E-state index contributed by atoms with van der Waals surface area (Å²) in [5.41, 5.74) is 0.798. The van der Waals surface area contributed by atoms with E-state index in [0.29, 0.717) is 11.5 Å². The van der Waals surface area contributed by atoms with Gasteiger partial charge < -0.3 is 9.47 Å². The molecular weight excluding hydrogens is 216 g/mol. The first-order chi connectivity index (χ1) is 8.34. The minimum absolute atomic E-state index is 0.380. The number of hydrogen-bond acceptors (Lipinski definition) is 3. The van der Waals surface area contributed by atoms with Gasteiger partial charge in [-0.3, -0.25) is 0 Å². The molecule has 0 bridgehead atoms. The lowest BCUT2D eigenvalue weighted by molar-refractivity contribution is -0.145. The number of fused-ring (bicyclic) bond motifs is 1. The van der Waals surface area contributed by atoms with Gasteiger partial charge in [0.25, 0.3) is 0 Å². The Hall–Kier alpha value is -2.29. The summed E-state index contributed by atoms with van der Waals surface area (Å²) in [6, 6.07) is 16.5. The lowest BCUT2D eigenvalue weighted by atomic mass is 10.1. The second-order valence-corrected chi connectivity index (χ2v) is 3.78. The van der Waals surface area contributed by atoms with Crippen molar-refractivity contribution in [1.82, 2.24) is 0 Å². The normalized spacial score (nSPS) is 17.9. The minimum Gasteiger partial charge on any atom is -0.470 e. The van der Waals surface area contributed by atoms with E-state index < -0.39 is 6.10 Å². The molecule has 0 aliphatic carbocycles. The summed E-state index contributed by atoms with van der Waals surface area (Å²) in [5, 5.41) is 0. The molecule has 0 amide bonds. The third-order valence-corrected chi connectivity index (χ3v) is 2.62. The van der Waals surface area contributed by atoms with Gasteiger partial charge in [0.1, 0.15) is 0 Å². The van der Waals surface area contributed by atoms with E-state index in [4.69, 9.17) is 9.47 Å². The fourth-order valence-electron chi connectivity index (χ4n) is 1.80. The van der Waals surface area contributed by atoms with Gasteiger partial charge in [-0.2, -0.15) is 0 Å². The molecule has 3 rings (SSSR count). The summed E-state index contributed by atoms with van der Waals surface area (Å²) in [6.45, 7) is 0. The van der Waals surface area contributed by atoms with Gasteiger partial charge >= 0.3 is 5.97 Å². The second kappa shape index (κ2) is 3.94. The van der Waals surface area contributed by atoms with Crippen molar-refractivity contribution < 1.29 is 14.3 Å². The number of ether oxygens (including phenoxy) is 2. The van der Waals surface area contributed by atoms with Crippen LogP contribution in [-0.2, 0) is 4.79 Å². The highest BCUT2D eigenvalue weighted by Crippen LogP contribution is 2.36. The molecule has 0 saturated heterocycles. The van der Waals surface area contributed by atoms with Crippen LogP contribution in [0.15, 0.2) is 54.6 Å². The van der Waals surface area contributed by atoms with Gasteiger partial charge in [0, 0.05) is 5.56 Å². The van der Waals surface area contributed by atoms with Crippen LogP contribution in [0, 0.1) is 0 Å².